The van der Waals surface area contributed by atoms with Gasteiger partial charge in [0.1, 0.15) is 0 Å². The summed E-state index contributed by atoms with van der Waals surface area (Å²) in [6.45, 7) is 5.05. The lowest BCUT2D eigenvalue weighted by atomic mass is 10.1. The van der Waals surface area contributed by atoms with Gasteiger partial charge in [-0.2, -0.15) is 0 Å². The van der Waals surface area contributed by atoms with E-state index in [2.05, 4.69) is 19.2 Å². The fourth-order valence-corrected chi connectivity index (χ4v) is 1.88. The Balaban J connectivity index is 2.54. The van der Waals surface area contributed by atoms with Gasteiger partial charge in [-0.25, -0.2) is 4.39 Å². The lowest BCUT2D eigenvalue weighted by Crippen LogP contribution is -2.27. The van der Waals surface area contributed by atoms with Gasteiger partial charge in [0.15, 0.2) is 11.6 Å². The van der Waals surface area contributed by atoms with Crippen LogP contribution in [0.15, 0.2) is 18.2 Å². The molecule has 96 valence electrons. The molecule has 0 radical (unpaired) electrons. The van der Waals surface area contributed by atoms with Crippen molar-refractivity contribution in [3.8, 4) is 5.75 Å². The van der Waals surface area contributed by atoms with E-state index in [1.54, 1.807) is 6.07 Å². The van der Waals surface area contributed by atoms with E-state index >= 15 is 0 Å². The molecule has 1 rings (SSSR count). The third kappa shape index (κ3) is 4.35. The highest BCUT2D eigenvalue weighted by atomic mass is 19.1. The van der Waals surface area contributed by atoms with Gasteiger partial charge in [0.25, 0.3) is 0 Å². The Morgan fingerprint density at radius 1 is 1.35 bits per heavy atom. The van der Waals surface area contributed by atoms with Gasteiger partial charge in [-0.1, -0.05) is 26.3 Å². The Morgan fingerprint density at radius 3 is 2.65 bits per heavy atom. The molecule has 1 aromatic rings. The van der Waals surface area contributed by atoms with Crippen LogP contribution in [-0.4, -0.2) is 13.2 Å². The second-order valence-electron chi connectivity index (χ2n) is 4.24. The van der Waals surface area contributed by atoms with Crippen molar-refractivity contribution in [2.45, 2.75) is 45.7 Å². The molecular weight excluding hydrogens is 217 g/mol. The minimum absolute atomic E-state index is 0.296. The van der Waals surface area contributed by atoms with Crippen LogP contribution in [0.4, 0.5) is 4.39 Å². The normalized spacial score (nSPS) is 12.5. The van der Waals surface area contributed by atoms with E-state index in [0.717, 1.165) is 18.4 Å². The average Bonchev–Trinajstić information content (AvgIpc) is 2.34. The Labute approximate surface area is 103 Å². The lowest BCUT2D eigenvalue weighted by molar-refractivity contribution is 0.385. The zero-order chi connectivity index (χ0) is 12.7. The van der Waals surface area contributed by atoms with Crippen molar-refractivity contribution in [3.63, 3.8) is 0 Å². The van der Waals surface area contributed by atoms with Crippen molar-refractivity contribution < 1.29 is 9.13 Å². The molecule has 1 unspecified atom stereocenters. The van der Waals surface area contributed by atoms with Crippen LogP contribution in [0, 0.1) is 5.82 Å². The third-order valence-corrected chi connectivity index (χ3v) is 2.94. The van der Waals surface area contributed by atoms with E-state index in [-0.39, 0.29) is 5.82 Å². The SMILES string of the molecule is CCCC(CC)NCc1ccc(OC)c(F)c1. The second kappa shape index (κ2) is 7.28. The van der Waals surface area contributed by atoms with Gasteiger partial charge in [0.2, 0.25) is 0 Å². The second-order valence-corrected chi connectivity index (χ2v) is 4.24. The molecule has 0 bridgehead atoms. The number of nitrogens with one attached hydrogen (secondary N) is 1. The van der Waals surface area contributed by atoms with Crippen LogP contribution in [0.1, 0.15) is 38.7 Å². The molecule has 1 aromatic carbocycles. The Morgan fingerprint density at radius 2 is 2.12 bits per heavy atom. The molecule has 0 fully saturated rings. The number of methoxy groups -OCH3 is 1. The van der Waals surface area contributed by atoms with Gasteiger partial charge in [-0.05, 0) is 30.5 Å². The minimum atomic E-state index is -0.296. The predicted molar refractivity (Wildman–Crippen MR) is 68.8 cm³/mol. The Hall–Kier alpha value is -1.09. The standard InChI is InChI=1S/C14H22FNO/c1-4-6-12(5-2)16-10-11-7-8-14(17-3)13(15)9-11/h7-9,12,16H,4-6,10H2,1-3H3. The molecule has 1 atom stereocenters. The van der Waals surface area contributed by atoms with Crippen molar-refractivity contribution in [2.75, 3.05) is 7.11 Å². The molecule has 0 aromatic heterocycles. The van der Waals surface area contributed by atoms with Crippen LogP contribution in [0.2, 0.25) is 0 Å². The molecule has 0 aliphatic rings. The highest BCUT2D eigenvalue weighted by Gasteiger charge is 2.06. The maximum absolute atomic E-state index is 13.5. The summed E-state index contributed by atoms with van der Waals surface area (Å²) in [6.07, 6.45) is 3.43. The number of hydrogen-bond acceptors (Lipinski definition) is 2. The van der Waals surface area contributed by atoms with E-state index in [4.69, 9.17) is 4.74 Å². The van der Waals surface area contributed by atoms with Crippen LogP contribution in [0.5, 0.6) is 5.75 Å². The molecule has 0 saturated carbocycles. The molecule has 0 heterocycles. The highest BCUT2D eigenvalue weighted by Crippen LogP contribution is 2.17. The largest absolute Gasteiger partial charge is 0.494 e. The molecule has 0 saturated heterocycles. The number of rotatable bonds is 7. The molecule has 0 amide bonds. The number of halogens is 1. The summed E-state index contributed by atoms with van der Waals surface area (Å²) in [7, 11) is 1.48. The predicted octanol–water partition coefficient (Wildman–Crippen LogP) is 3.50. The molecule has 0 aliphatic carbocycles. The summed E-state index contributed by atoms with van der Waals surface area (Å²) in [4.78, 5) is 0. The molecule has 0 spiro atoms. The first-order valence-corrected chi connectivity index (χ1v) is 6.27. The highest BCUT2D eigenvalue weighted by molar-refractivity contribution is 5.29. The first-order valence-electron chi connectivity index (χ1n) is 6.27. The van der Waals surface area contributed by atoms with Crippen molar-refractivity contribution in [1.82, 2.24) is 5.32 Å². The van der Waals surface area contributed by atoms with E-state index in [1.807, 2.05) is 6.07 Å². The van der Waals surface area contributed by atoms with Crippen molar-refractivity contribution in [3.05, 3.63) is 29.6 Å². The smallest absolute Gasteiger partial charge is 0.165 e. The van der Waals surface area contributed by atoms with Crippen LogP contribution >= 0.6 is 0 Å². The fourth-order valence-electron chi connectivity index (χ4n) is 1.88. The van der Waals surface area contributed by atoms with E-state index < -0.39 is 0 Å². The summed E-state index contributed by atoms with van der Waals surface area (Å²) >= 11 is 0. The van der Waals surface area contributed by atoms with E-state index in [1.165, 1.54) is 19.6 Å². The van der Waals surface area contributed by atoms with Gasteiger partial charge in [-0.15, -0.1) is 0 Å². The fraction of sp³-hybridized carbons (Fsp3) is 0.571. The molecular formula is C14H22FNO. The zero-order valence-corrected chi connectivity index (χ0v) is 10.9. The van der Waals surface area contributed by atoms with Crippen LogP contribution in [0.25, 0.3) is 0 Å². The molecule has 0 aliphatic heterocycles. The van der Waals surface area contributed by atoms with Crippen molar-refractivity contribution in [1.29, 1.82) is 0 Å². The minimum Gasteiger partial charge on any atom is -0.494 e. The molecule has 17 heavy (non-hydrogen) atoms. The monoisotopic (exact) mass is 239 g/mol. The van der Waals surface area contributed by atoms with E-state index in [9.17, 15) is 4.39 Å². The topological polar surface area (TPSA) is 21.3 Å². The summed E-state index contributed by atoms with van der Waals surface area (Å²) < 4.78 is 18.3. The van der Waals surface area contributed by atoms with Crippen molar-refractivity contribution >= 4 is 0 Å². The summed E-state index contributed by atoms with van der Waals surface area (Å²) in [5, 5.41) is 3.44. The van der Waals surface area contributed by atoms with Crippen molar-refractivity contribution in [2.24, 2.45) is 0 Å². The Kier molecular flexibility index (Phi) is 5.98. The molecule has 1 N–H and O–H groups in total. The summed E-state index contributed by atoms with van der Waals surface area (Å²) in [5.74, 6) is 0.00434. The number of ether oxygens (including phenoxy) is 1. The quantitative estimate of drug-likeness (QED) is 0.786. The van der Waals surface area contributed by atoms with Gasteiger partial charge >= 0.3 is 0 Å². The maximum Gasteiger partial charge on any atom is 0.165 e. The van der Waals surface area contributed by atoms with Crippen LogP contribution in [0.3, 0.4) is 0 Å². The summed E-state index contributed by atoms with van der Waals surface area (Å²) in [6, 6.07) is 5.62. The lowest BCUT2D eigenvalue weighted by Gasteiger charge is -2.16. The molecule has 2 nitrogen and oxygen atoms in total. The van der Waals surface area contributed by atoms with Gasteiger partial charge in [0, 0.05) is 12.6 Å². The van der Waals surface area contributed by atoms with Gasteiger partial charge in [0.05, 0.1) is 7.11 Å². The van der Waals surface area contributed by atoms with Gasteiger partial charge in [-0.3, -0.25) is 0 Å². The van der Waals surface area contributed by atoms with E-state index in [0.29, 0.717) is 18.3 Å². The molecule has 3 heteroatoms. The number of benzene rings is 1. The van der Waals surface area contributed by atoms with Gasteiger partial charge < -0.3 is 10.1 Å². The van der Waals surface area contributed by atoms with Crippen LogP contribution < -0.4 is 10.1 Å². The third-order valence-electron chi connectivity index (χ3n) is 2.94. The van der Waals surface area contributed by atoms with Crippen LogP contribution in [-0.2, 0) is 6.54 Å². The summed E-state index contributed by atoms with van der Waals surface area (Å²) in [5.41, 5.74) is 0.956. The average molecular weight is 239 g/mol. The maximum atomic E-state index is 13.5. The first-order chi connectivity index (χ1) is 8.21. The first kappa shape index (κ1) is 14.0. The number of hydrogen-bond donors (Lipinski definition) is 1. The zero-order valence-electron chi connectivity index (χ0n) is 10.9. The Bertz CT molecular complexity index is 341.